The van der Waals surface area contributed by atoms with Crippen LogP contribution < -0.4 is 5.73 Å². The Balaban J connectivity index is 2.73. The summed E-state index contributed by atoms with van der Waals surface area (Å²) in [5, 5.41) is 14.3. The fourth-order valence-electron chi connectivity index (χ4n) is 1.39. The van der Waals surface area contributed by atoms with E-state index in [0.717, 1.165) is 24.2 Å². The van der Waals surface area contributed by atoms with Gasteiger partial charge in [-0.1, -0.05) is 6.92 Å². The molecule has 0 saturated carbocycles. The first kappa shape index (κ1) is 9.77. The van der Waals surface area contributed by atoms with Crippen molar-refractivity contribution in [1.29, 1.82) is 5.41 Å². The Morgan fingerprint density at radius 1 is 1.62 bits per heavy atom. The van der Waals surface area contributed by atoms with Gasteiger partial charge < -0.3 is 5.73 Å². The highest BCUT2D eigenvalue weighted by molar-refractivity contribution is 5.77. The maximum absolute atomic E-state index is 7.14. The van der Waals surface area contributed by atoms with Crippen molar-refractivity contribution in [3.8, 4) is 0 Å². The van der Waals surface area contributed by atoms with Crippen molar-refractivity contribution < 1.29 is 0 Å². The van der Waals surface area contributed by atoms with E-state index >= 15 is 0 Å². The van der Waals surface area contributed by atoms with Crippen LogP contribution in [0, 0.1) is 12.3 Å². The predicted molar refractivity (Wildman–Crippen MR) is 52.9 cm³/mol. The molecule has 72 valence electrons. The maximum atomic E-state index is 7.14. The number of hydrogen-bond acceptors (Lipinski definition) is 2. The van der Waals surface area contributed by atoms with Gasteiger partial charge in [0.2, 0.25) is 0 Å². The summed E-state index contributed by atoms with van der Waals surface area (Å²) in [5.41, 5.74) is 8.71. The van der Waals surface area contributed by atoms with Gasteiger partial charge in [-0.2, -0.15) is 5.10 Å². The van der Waals surface area contributed by atoms with E-state index in [1.54, 1.807) is 0 Å². The van der Waals surface area contributed by atoms with E-state index in [0.29, 0.717) is 6.42 Å². The Labute approximate surface area is 78.0 Å². The fourth-order valence-corrected chi connectivity index (χ4v) is 1.39. The number of aromatic nitrogens is 2. The van der Waals surface area contributed by atoms with E-state index in [1.165, 1.54) is 5.56 Å². The average Bonchev–Trinajstić information content (AvgIpc) is 2.43. The highest BCUT2D eigenvalue weighted by Crippen LogP contribution is 2.13. The molecule has 0 aliphatic rings. The number of nitrogens with two attached hydrogens (primary N) is 1. The molecule has 1 aromatic rings. The molecular formula is C9H16N4. The van der Waals surface area contributed by atoms with Gasteiger partial charge >= 0.3 is 0 Å². The van der Waals surface area contributed by atoms with E-state index in [-0.39, 0.29) is 5.84 Å². The third-order valence-electron chi connectivity index (χ3n) is 2.14. The normalized spacial score (nSPS) is 10.3. The second-order valence-corrected chi connectivity index (χ2v) is 3.15. The Bertz CT molecular complexity index is 301. The largest absolute Gasteiger partial charge is 0.388 e. The van der Waals surface area contributed by atoms with Crippen molar-refractivity contribution >= 4 is 5.84 Å². The smallest absolute Gasteiger partial charge is 0.0908 e. The summed E-state index contributed by atoms with van der Waals surface area (Å²) in [6.07, 6.45) is 2.37. The van der Waals surface area contributed by atoms with Crippen molar-refractivity contribution in [3.63, 3.8) is 0 Å². The second kappa shape index (κ2) is 4.07. The molecule has 0 aliphatic carbocycles. The van der Waals surface area contributed by atoms with Gasteiger partial charge in [0.05, 0.1) is 11.5 Å². The summed E-state index contributed by atoms with van der Waals surface area (Å²) in [7, 11) is 0. The van der Waals surface area contributed by atoms with E-state index in [9.17, 15) is 0 Å². The molecule has 1 aromatic heterocycles. The Morgan fingerprint density at radius 3 is 2.85 bits per heavy atom. The third kappa shape index (κ3) is 2.31. The summed E-state index contributed by atoms with van der Waals surface area (Å²) in [6.45, 7) is 4.08. The number of nitrogens with one attached hydrogen (secondary N) is 2. The lowest BCUT2D eigenvalue weighted by Crippen LogP contribution is -2.10. The average molecular weight is 180 g/mol. The highest BCUT2D eigenvalue weighted by atomic mass is 15.1. The quantitative estimate of drug-likeness (QED) is 0.480. The molecule has 1 heterocycles. The molecule has 4 N–H and O–H groups in total. The minimum absolute atomic E-state index is 0.239. The van der Waals surface area contributed by atoms with Crippen LogP contribution in [0.2, 0.25) is 0 Å². The van der Waals surface area contributed by atoms with Crippen molar-refractivity contribution in [2.75, 3.05) is 0 Å². The van der Waals surface area contributed by atoms with Crippen molar-refractivity contribution in [1.82, 2.24) is 10.2 Å². The van der Waals surface area contributed by atoms with Crippen LogP contribution in [0.3, 0.4) is 0 Å². The summed E-state index contributed by atoms with van der Waals surface area (Å²) in [5.74, 6) is 0.239. The van der Waals surface area contributed by atoms with Crippen LogP contribution in [0.25, 0.3) is 0 Å². The lowest BCUT2D eigenvalue weighted by atomic mass is 10.1. The first-order valence-electron chi connectivity index (χ1n) is 4.50. The van der Waals surface area contributed by atoms with Crippen molar-refractivity contribution in [3.05, 3.63) is 17.0 Å². The lowest BCUT2D eigenvalue weighted by molar-refractivity contribution is 0.939. The Kier molecular flexibility index (Phi) is 3.06. The van der Waals surface area contributed by atoms with Gasteiger partial charge in [-0.3, -0.25) is 10.5 Å². The molecule has 13 heavy (non-hydrogen) atoms. The summed E-state index contributed by atoms with van der Waals surface area (Å²) < 4.78 is 0. The highest BCUT2D eigenvalue weighted by Gasteiger charge is 2.08. The zero-order valence-corrected chi connectivity index (χ0v) is 8.15. The van der Waals surface area contributed by atoms with Crippen LogP contribution in [0.1, 0.15) is 30.3 Å². The summed E-state index contributed by atoms with van der Waals surface area (Å²) in [4.78, 5) is 0. The molecule has 0 aromatic carbocycles. The minimum atomic E-state index is 0.239. The molecule has 0 unspecified atom stereocenters. The molecule has 0 radical (unpaired) electrons. The van der Waals surface area contributed by atoms with Crippen LogP contribution in [0.4, 0.5) is 0 Å². The first-order valence-corrected chi connectivity index (χ1v) is 4.50. The minimum Gasteiger partial charge on any atom is -0.388 e. The van der Waals surface area contributed by atoms with Crippen LogP contribution >= 0.6 is 0 Å². The molecule has 0 bridgehead atoms. The van der Waals surface area contributed by atoms with Gasteiger partial charge in [-0.25, -0.2) is 0 Å². The SMILES string of the molecule is CCc1n[nH]c(C)c1CCC(=N)N. The lowest BCUT2D eigenvalue weighted by Gasteiger charge is -2.00. The van der Waals surface area contributed by atoms with Crippen LogP contribution in [-0.4, -0.2) is 16.0 Å². The third-order valence-corrected chi connectivity index (χ3v) is 2.14. The number of aromatic amines is 1. The summed E-state index contributed by atoms with van der Waals surface area (Å²) >= 11 is 0. The van der Waals surface area contributed by atoms with Crippen LogP contribution in [0.15, 0.2) is 0 Å². The standard InChI is InChI=1S/C9H16N4/c1-3-8-7(4-5-9(10)11)6(2)12-13-8/h3-5H2,1-2H3,(H3,10,11)(H,12,13). The topological polar surface area (TPSA) is 78.5 Å². The number of aryl methyl sites for hydroxylation is 2. The zero-order chi connectivity index (χ0) is 9.84. The molecule has 0 fully saturated rings. The van der Waals surface area contributed by atoms with Gasteiger partial charge in [0.15, 0.2) is 0 Å². The Hall–Kier alpha value is -1.32. The van der Waals surface area contributed by atoms with Gasteiger partial charge in [-0.05, 0) is 25.3 Å². The predicted octanol–water partition coefficient (Wildman–Crippen LogP) is 1.15. The molecule has 1 rings (SSSR count). The maximum Gasteiger partial charge on any atom is 0.0908 e. The number of H-pyrrole nitrogens is 1. The van der Waals surface area contributed by atoms with Gasteiger partial charge in [0.25, 0.3) is 0 Å². The zero-order valence-electron chi connectivity index (χ0n) is 8.15. The van der Waals surface area contributed by atoms with Crippen LogP contribution in [0.5, 0.6) is 0 Å². The monoisotopic (exact) mass is 180 g/mol. The number of rotatable bonds is 4. The van der Waals surface area contributed by atoms with Gasteiger partial charge in [0.1, 0.15) is 0 Å². The first-order chi connectivity index (χ1) is 6.15. The second-order valence-electron chi connectivity index (χ2n) is 3.15. The van der Waals surface area contributed by atoms with Gasteiger partial charge in [-0.15, -0.1) is 0 Å². The number of hydrogen-bond donors (Lipinski definition) is 3. The van der Waals surface area contributed by atoms with Crippen molar-refractivity contribution in [2.24, 2.45) is 5.73 Å². The molecule has 4 nitrogen and oxygen atoms in total. The number of amidine groups is 1. The molecule has 0 amide bonds. The van der Waals surface area contributed by atoms with E-state index in [2.05, 4.69) is 17.1 Å². The van der Waals surface area contributed by atoms with E-state index < -0.39 is 0 Å². The van der Waals surface area contributed by atoms with E-state index in [1.807, 2.05) is 6.92 Å². The summed E-state index contributed by atoms with van der Waals surface area (Å²) in [6, 6.07) is 0. The van der Waals surface area contributed by atoms with Gasteiger partial charge in [0, 0.05) is 12.1 Å². The molecule has 0 spiro atoms. The van der Waals surface area contributed by atoms with Crippen molar-refractivity contribution in [2.45, 2.75) is 33.1 Å². The fraction of sp³-hybridized carbons (Fsp3) is 0.556. The molecule has 0 aliphatic heterocycles. The van der Waals surface area contributed by atoms with Crippen LogP contribution in [-0.2, 0) is 12.8 Å². The number of nitrogens with zero attached hydrogens (tertiary/aromatic N) is 1. The molecular weight excluding hydrogens is 164 g/mol. The molecule has 0 saturated heterocycles. The molecule has 4 heteroatoms. The Morgan fingerprint density at radius 2 is 2.31 bits per heavy atom. The van der Waals surface area contributed by atoms with E-state index in [4.69, 9.17) is 11.1 Å². The molecule has 0 atom stereocenters.